The Labute approximate surface area is 115 Å². The zero-order valence-electron chi connectivity index (χ0n) is 10.6. The zero-order valence-corrected chi connectivity index (χ0v) is 11.5. The van der Waals surface area contributed by atoms with E-state index in [1.54, 1.807) is 12.1 Å². The largest absolute Gasteiger partial charge is 0.396 e. The summed E-state index contributed by atoms with van der Waals surface area (Å²) in [5.74, 6) is -0.0502. The van der Waals surface area contributed by atoms with Crippen molar-refractivity contribution >= 4 is 16.5 Å². The van der Waals surface area contributed by atoms with Crippen LogP contribution in [-0.2, 0) is 6.42 Å². The van der Waals surface area contributed by atoms with E-state index in [0.29, 0.717) is 13.0 Å². The number of aromatic nitrogens is 2. The number of hydrogen-bond donors (Lipinski definition) is 2. The molecule has 1 aromatic heterocycles. The van der Waals surface area contributed by atoms with Crippen molar-refractivity contribution in [3.05, 3.63) is 40.7 Å². The van der Waals surface area contributed by atoms with Gasteiger partial charge in [-0.2, -0.15) is 0 Å². The Morgan fingerprint density at radius 1 is 1.32 bits per heavy atom. The predicted molar refractivity (Wildman–Crippen MR) is 73.9 cm³/mol. The van der Waals surface area contributed by atoms with Gasteiger partial charge in [-0.25, -0.2) is 4.39 Å². The van der Waals surface area contributed by atoms with E-state index < -0.39 is 0 Å². The van der Waals surface area contributed by atoms with Gasteiger partial charge in [0.1, 0.15) is 10.8 Å². The topological polar surface area (TPSA) is 58.0 Å². The molecule has 0 saturated heterocycles. The summed E-state index contributed by atoms with van der Waals surface area (Å²) in [6, 6.07) is 6.38. The summed E-state index contributed by atoms with van der Waals surface area (Å²) in [5.41, 5.74) is 1.01. The van der Waals surface area contributed by atoms with E-state index in [2.05, 4.69) is 15.5 Å². The van der Waals surface area contributed by atoms with Crippen molar-refractivity contribution in [2.75, 3.05) is 18.5 Å². The highest BCUT2D eigenvalue weighted by atomic mass is 32.1. The van der Waals surface area contributed by atoms with E-state index in [0.717, 1.165) is 15.7 Å². The van der Waals surface area contributed by atoms with Crippen LogP contribution in [0, 0.1) is 11.7 Å². The molecule has 1 unspecified atom stereocenters. The normalized spacial score (nSPS) is 12.4. The second-order valence-electron chi connectivity index (χ2n) is 4.47. The van der Waals surface area contributed by atoms with Crippen LogP contribution < -0.4 is 5.32 Å². The third kappa shape index (κ3) is 4.25. The highest BCUT2D eigenvalue weighted by molar-refractivity contribution is 7.15. The van der Waals surface area contributed by atoms with Crippen molar-refractivity contribution in [2.24, 2.45) is 5.92 Å². The molecule has 2 N–H and O–H groups in total. The number of halogens is 1. The lowest BCUT2D eigenvalue weighted by Gasteiger charge is -2.06. The molecule has 2 rings (SSSR count). The van der Waals surface area contributed by atoms with Gasteiger partial charge in [0.25, 0.3) is 0 Å². The molecular formula is C13H16FN3OS. The first-order valence-corrected chi connectivity index (χ1v) is 6.90. The van der Waals surface area contributed by atoms with Gasteiger partial charge in [-0.15, -0.1) is 10.2 Å². The van der Waals surface area contributed by atoms with Crippen molar-refractivity contribution in [1.82, 2.24) is 10.2 Å². The second kappa shape index (κ2) is 6.58. The van der Waals surface area contributed by atoms with Crippen LogP contribution in [0.5, 0.6) is 0 Å². The average molecular weight is 281 g/mol. The van der Waals surface area contributed by atoms with Crippen LogP contribution >= 0.6 is 11.3 Å². The maximum Gasteiger partial charge on any atom is 0.205 e. The van der Waals surface area contributed by atoms with Crippen molar-refractivity contribution < 1.29 is 9.50 Å². The Morgan fingerprint density at radius 2 is 2.05 bits per heavy atom. The standard InChI is InChI=1S/C13H16FN3OS/c1-9(8-18)7-15-13-17-16-12(19-13)6-10-2-4-11(14)5-3-10/h2-5,9,18H,6-8H2,1H3,(H,15,17). The Balaban J connectivity index is 1.91. The van der Waals surface area contributed by atoms with E-state index in [4.69, 9.17) is 5.11 Å². The van der Waals surface area contributed by atoms with Crippen LogP contribution in [0.4, 0.5) is 9.52 Å². The summed E-state index contributed by atoms with van der Waals surface area (Å²) in [6.07, 6.45) is 0.648. The lowest BCUT2D eigenvalue weighted by atomic mass is 10.2. The van der Waals surface area contributed by atoms with E-state index in [1.165, 1.54) is 23.5 Å². The molecule has 0 bridgehead atoms. The molecular weight excluding hydrogens is 265 g/mol. The number of rotatable bonds is 6. The molecule has 1 heterocycles. The maximum atomic E-state index is 12.8. The molecule has 0 aliphatic rings. The molecule has 19 heavy (non-hydrogen) atoms. The summed E-state index contributed by atoms with van der Waals surface area (Å²) < 4.78 is 12.8. The van der Waals surface area contributed by atoms with Crippen LogP contribution in [0.1, 0.15) is 17.5 Å². The van der Waals surface area contributed by atoms with E-state index >= 15 is 0 Å². The number of aliphatic hydroxyl groups is 1. The maximum absolute atomic E-state index is 12.8. The van der Waals surface area contributed by atoms with Crippen LogP contribution in [0.25, 0.3) is 0 Å². The monoisotopic (exact) mass is 281 g/mol. The van der Waals surface area contributed by atoms with Gasteiger partial charge < -0.3 is 10.4 Å². The van der Waals surface area contributed by atoms with Gasteiger partial charge in [0, 0.05) is 19.6 Å². The van der Waals surface area contributed by atoms with Crippen LogP contribution in [0.15, 0.2) is 24.3 Å². The van der Waals surface area contributed by atoms with Crippen molar-refractivity contribution in [2.45, 2.75) is 13.3 Å². The molecule has 1 aromatic carbocycles. The third-order valence-electron chi connectivity index (χ3n) is 2.65. The molecule has 0 aliphatic carbocycles. The zero-order chi connectivity index (χ0) is 13.7. The fraction of sp³-hybridized carbons (Fsp3) is 0.385. The molecule has 4 nitrogen and oxygen atoms in total. The molecule has 2 aromatic rings. The first-order valence-electron chi connectivity index (χ1n) is 6.09. The third-order valence-corrected chi connectivity index (χ3v) is 3.53. The van der Waals surface area contributed by atoms with Gasteiger partial charge in [0.15, 0.2) is 0 Å². The molecule has 0 amide bonds. The average Bonchev–Trinajstić information content (AvgIpc) is 2.86. The first-order chi connectivity index (χ1) is 9.17. The quantitative estimate of drug-likeness (QED) is 0.853. The smallest absolute Gasteiger partial charge is 0.205 e. The first kappa shape index (κ1) is 13.9. The fourth-order valence-electron chi connectivity index (χ4n) is 1.50. The van der Waals surface area contributed by atoms with Gasteiger partial charge in [-0.3, -0.25) is 0 Å². The summed E-state index contributed by atoms with van der Waals surface area (Å²) in [5, 5.41) is 21.8. The van der Waals surface area contributed by atoms with E-state index in [-0.39, 0.29) is 18.3 Å². The Kier molecular flexibility index (Phi) is 4.81. The van der Waals surface area contributed by atoms with Crippen LogP contribution in [0.2, 0.25) is 0 Å². The summed E-state index contributed by atoms with van der Waals surface area (Å²) in [7, 11) is 0. The lowest BCUT2D eigenvalue weighted by Crippen LogP contribution is -2.14. The molecule has 6 heteroatoms. The highest BCUT2D eigenvalue weighted by Gasteiger charge is 2.06. The van der Waals surface area contributed by atoms with Crippen molar-refractivity contribution in [3.8, 4) is 0 Å². The molecule has 102 valence electrons. The molecule has 0 fully saturated rings. The predicted octanol–water partition coefficient (Wildman–Crippen LogP) is 2.31. The van der Waals surface area contributed by atoms with Gasteiger partial charge in [-0.05, 0) is 23.6 Å². The number of nitrogens with zero attached hydrogens (tertiary/aromatic N) is 2. The van der Waals surface area contributed by atoms with Crippen LogP contribution in [0.3, 0.4) is 0 Å². The van der Waals surface area contributed by atoms with Gasteiger partial charge in [0.05, 0.1) is 0 Å². The second-order valence-corrected chi connectivity index (χ2v) is 5.53. The number of nitrogens with one attached hydrogen (secondary N) is 1. The van der Waals surface area contributed by atoms with Crippen LogP contribution in [-0.4, -0.2) is 28.5 Å². The summed E-state index contributed by atoms with van der Waals surface area (Å²) in [4.78, 5) is 0. The van der Waals surface area contributed by atoms with Gasteiger partial charge >= 0.3 is 0 Å². The molecule has 0 saturated carbocycles. The van der Waals surface area contributed by atoms with E-state index in [1.807, 2.05) is 6.92 Å². The number of aliphatic hydroxyl groups excluding tert-OH is 1. The number of hydrogen-bond acceptors (Lipinski definition) is 5. The molecule has 0 spiro atoms. The number of benzene rings is 1. The minimum atomic E-state index is -0.235. The molecule has 0 aliphatic heterocycles. The minimum Gasteiger partial charge on any atom is -0.396 e. The highest BCUT2D eigenvalue weighted by Crippen LogP contribution is 2.19. The summed E-state index contributed by atoms with van der Waals surface area (Å²) >= 11 is 1.48. The van der Waals surface area contributed by atoms with E-state index in [9.17, 15) is 4.39 Å². The van der Waals surface area contributed by atoms with Gasteiger partial charge in [-0.1, -0.05) is 30.4 Å². The Bertz CT molecular complexity index is 515. The van der Waals surface area contributed by atoms with Gasteiger partial charge in [0.2, 0.25) is 5.13 Å². The number of anilines is 1. The molecule has 1 atom stereocenters. The molecule has 0 radical (unpaired) electrons. The summed E-state index contributed by atoms with van der Waals surface area (Å²) in [6.45, 7) is 2.77. The minimum absolute atomic E-state index is 0.147. The SMILES string of the molecule is CC(CO)CNc1nnc(Cc2ccc(F)cc2)s1. The van der Waals surface area contributed by atoms with Crippen molar-refractivity contribution in [1.29, 1.82) is 0 Å². The Morgan fingerprint density at radius 3 is 2.74 bits per heavy atom. The fourth-order valence-corrected chi connectivity index (χ4v) is 2.28. The lowest BCUT2D eigenvalue weighted by molar-refractivity contribution is 0.244. The Hall–Kier alpha value is -1.53. The van der Waals surface area contributed by atoms with Crippen molar-refractivity contribution in [3.63, 3.8) is 0 Å².